The first kappa shape index (κ1) is 12.9. The molecule has 0 bridgehead atoms. The Labute approximate surface area is 120 Å². The lowest BCUT2D eigenvalue weighted by molar-refractivity contribution is 0.0522. The van der Waals surface area contributed by atoms with Crippen molar-refractivity contribution in [3.05, 3.63) is 38.8 Å². The zero-order chi connectivity index (χ0) is 14.3. The number of halogens is 1. The van der Waals surface area contributed by atoms with Crippen molar-refractivity contribution in [3.8, 4) is 0 Å². The molecule has 0 spiro atoms. The number of aromatic amines is 1. The number of aromatic nitrogens is 2. The molecule has 7 heteroatoms. The third-order valence-corrected chi connectivity index (χ3v) is 3.53. The molecule has 0 radical (unpaired) electrons. The average Bonchev–Trinajstić information content (AvgIpc) is 2.84. The maximum Gasteiger partial charge on any atom is 0.364 e. The van der Waals surface area contributed by atoms with Gasteiger partial charge in [0, 0.05) is 9.86 Å². The van der Waals surface area contributed by atoms with Crippen molar-refractivity contribution >= 4 is 43.8 Å². The molecule has 0 aliphatic rings. The summed E-state index contributed by atoms with van der Waals surface area (Å²) in [4.78, 5) is 23.8. The maximum atomic E-state index is 11.9. The van der Waals surface area contributed by atoms with Crippen molar-refractivity contribution in [3.63, 3.8) is 0 Å². The zero-order valence-corrected chi connectivity index (χ0v) is 12.0. The van der Waals surface area contributed by atoms with E-state index in [1.54, 1.807) is 25.1 Å². The lowest BCUT2D eigenvalue weighted by atomic mass is 10.1. The van der Waals surface area contributed by atoms with E-state index in [0.717, 1.165) is 0 Å². The number of nitrogens with one attached hydrogen (secondary N) is 1. The molecular weight excluding hydrogens is 328 g/mol. The topological polar surface area (TPSA) is 85.2 Å². The van der Waals surface area contributed by atoms with Crippen molar-refractivity contribution in [1.29, 1.82) is 0 Å². The van der Waals surface area contributed by atoms with E-state index in [1.807, 2.05) is 0 Å². The highest BCUT2D eigenvalue weighted by molar-refractivity contribution is 9.10. The van der Waals surface area contributed by atoms with Gasteiger partial charge in [-0.05, 0) is 19.1 Å². The van der Waals surface area contributed by atoms with Gasteiger partial charge in [0.1, 0.15) is 5.58 Å². The van der Waals surface area contributed by atoms with Crippen LogP contribution in [0.4, 0.5) is 0 Å². The number of hydrogen-bond donors (Lipinski definition) is 1. The van der Waals surface area contributed by atoms with Crippen LogP contribution in [0.5, 0.6) is 0 Å². The van der Waals surface area contributed by atoms with Gasteiger partial charge in [-0.25, -0.2) is 9.59 Å². The van der Waals surface area contributed by atoms with E-state index in [2.05, 4.69) is 26.1 Å². The molecule has 20 heavy (non-hydrogen) atoms. The van der Waals surface area contributed by atoms with Crippen LogP contribution in [-0.4, -0.2) is 22.8 Å². The number of carbonyl (C=O) groups excluding carboxylic acids is 1. The summed E-state index contributed by atoms with van der Waals surface area (Å²) in [6.07, 6.45) is 0. The molecule has 3 rings (SSSR count). The molecule has 2 aromatic heterocycles. The standard InChI is InChI=1S/C13H9BrN2O4/c1-2-19-12(17)10-9-8-6(14)4-3-5-7(8)20-13(18)11(9)16-15-10/h3-5H,2H2,1H3,(H,15,16). The van der Waals surface area contributed by atoms with Crippen LogP contribution in [0.25, 0.3) is 21.9 Å². The Balaban J connectivity index is 2.48. The number of carbonyl (C=O) groups is 1. The molecule has 3 aromatic rings. The van der Waals surface area contributed by atoms with E-state index < -0.39 is 11.6 Å². The Morgan fingerprint density at radius 3 is 3.00 bits per heavy atom. The summed E-state index contributed by atoms with van der Waals surface area (Å²) >= 11 is 3.39. The van der Waals surface area contributed by atoms with E-state index in [4.69, 9.17) is 9.15 Å². The van der Waals surface area contributed by atoms with Gasteiger partial charge < -0.3 is 9.15 Å². The van der Waals surface area contributed by atoms with E-state index in [-0.39, 0.29) is 17.8 Å². The predicted octanol–water partition coefficient (Wildman–Crippen LogP) is 2.61. The average molecular weight is 337 g/mol. The van der Waals surface area contributed by atoms with Gasteiger partial charge >= 0.3 is 11.6 Å². The normalized spacial score (nSPS) is 11.1. The SMILES string of the molecule is CCOC(=O)c1[nH]nc2c(=O)oc3cccc(Br)c3c12. The van der Waals surface area contributed by atoms with Gasteiger partial charge in [-0.15, -0.1) is 0 Å². The van der Waals surface area contributed by atoms with Gasteiger partial charge in [0.15, 0.2) is 11.2 Å². The highest BCUT2D eigenvalue weighted by Crippen LogP contribution is 2.31. The summed E-state index contributed by atoms with van der Waals surface area (Å²) < 4.78 is 10.9. The summed E-state index contributed by atoms with van der Waals surface area (Å²) in [7, 11) is 0. The molecular formula is C13H9BrN2O4. The third-order valence-electron chi connectivity index (χ3n) is 2.87. The number of hydrogen-bond acceptors (Lipinski definition) is 5. The number of H-pyrrole nitrogens is 1. The smallest absolute Gasteiger partial charge is 0.364 e. The molecule has 0 fully saturated rings. The highest BCUT2D eigenvalue weighted by Gasteiger charge is 2.21. The third kappa shape index (κ3) is 1.82. The molecule has 6 nitrogen and oxygen atoms in total. The second-order valence-electron chi connectivity index (χ2n) is 4.05. The van der Waals surface area contributed by atoms with Crippen molar-refractivity contribution in [2.75, 3.05) is 6.61 Å². The Bertz CT molecular complexity index is 881. The second-order valence-corrected chi connectivity index (χ2v) is 4.90. The maximum absolute atomic E-state index is 11.9. The Morgan fingerprint density at radius 1 is 1.45 bits per heavy atom. The van der Waals surface area contributed by atoms with Crippen molar-refractivity contribution in [2.24, 2.45) is 0 Å². The number of rotatable bonds is 2. The van der Waals surface area contributed by atoms with Crippen LogP contribution in [0.3, 0.4) is 0 Å². The minimum absolute atomic E-state index is 0.0763. The van der Waals surface area contributed by atoms with E-state index in [1.165, 1.54) is 0 Å². The van der Waals surface area contributed by atoms with Crippen LogP contribution in [0.1, 0.15) is 17.4 Å². The number of esters is 1. The highest BCUT2D eigenvalue weighted by atomic mass is 79.9. The monoisotopic (exact) mass is 336 g/mol. The van der Waals surface area contributed by atoms with E-state index in [9.17, 15) is 9.59 Å². The first-order valence-electron chi connectivity index (χ1n) is 5.90. The van der Waals surface area contributed by atoms with Crippen molar-refractivity contribution in [1.82, 2.24) is 10.2 Å². The number of benzene rings is 1. The molecule has 0 atom stereocenters. The van der Waals surface area contributed by atoms with E-state index >= 15 is 0 Å². The predicted molar refractivity (Wildman–Crippen MR) is 75.8 cm³/mol. The summed E-state index contributed by atoms with van der Waals surface area (Å²) in [5, 5.41) is 7.43. The fourth-order valence-corrected chi connectivity index (χ4v) is 2.61. The lowest BCUT2D eigenvalue weighted by Gasteiger charge is -2.03. The van der Waals surface area contributed by atoms with E-state index in [0.29, 0.717) is 20.8 Å². The summed E-state index contributed by atoms with van der Waals surface area (Å²) in [5.41, 5.74) is 0.000301. The number of nitrogens with zero attached hydrogens (tertiary/aromatic N) is 1. The first-order chi connectivity index (χ1) is 9.63. The van der Waals surface area contributed by atoms with Crippen LogP contribution in [0.2, 0.25) is 0 Å². The van der Waals surface area contributed by atoms with Crippen LogP contribution in [0, 0.1) is 0 Å². The Morgan fingerprint density at radius 2 is 2.25 bits per heavy atom. The van der Waals surface area contributed by atoms with Crippen LogP contribution in [-0.2, 0) is 4.74 Å². The molecule has 102 valence electrons. The molecule has 0 unspecified atom stereocenters. The summed E-state index contributed by atoms with van der Waals surface area (Å²) in [5.74, 6) is -0.558. The molecule has 1 N–H and O–H groups in total. The van der Waals surface area contributed by atoms with Crippen LogP contribution >= 0.6 is 15.9 Å². The molecule has 0 amide bonds. The largest absolute Gasteiger partial charge is 0.461 e. The second kappa shape index (κ2) is 4.75. The fourth-order valence-electron chi connectivity index (χ4n) is 2.06. The minimum Gasteiger partial charge on any atom is -0.461 e. The molecule has 0 aliphatic carbocycles. The Kier molecular flexibility index (Phi) is 3.06. The molecule has 0 aliphatic heterocycles. The lowest BCUT2D eigenvalue weighted by Crippen LogP contribution is -2.06. The van der Waals surface area contributed by atoms with Gasteiger partial charge in [-0.1, -0.05) is 22.0 Å². The van der Waals surface area contributed by atoms with Crippen LogP contribution in [0.15, 0.2) is 31.9 Å². The number of fused-ring (bicyclic) bond motifs is 3. The first-order valence-corrected chi connectivity index (χ1v) is 6.69. The molecule has 2 heterocycles. The minimum atomic E-state index is -0.600. The quantitative estimate of drug-likeness (QED) is 0.574. The van der Waals surface area contributed by atoms with Crippen molar-refractivity contribution in [2.45, 2.75) is 6.92 Å². The van der Waals surface area contributed by atoms with Gasteiger partial charge in [-0.2, -0.15) is 5.10 Å². The molecule has 1 aromatic carbocycles. The fraction of sp³-hybridized carbons (Fsp3) is 0.154. The summed E-state index contributed by atoms with van der Waals surface area (Å²) in [6, 6.07) is 5.19. The zero-order valence-electron chi connectivity index (χ0n) is 10.4. The van der Waals surface area contributed by atoms with Gasteiger partial charge in [0.25, 0.3) is 0 Å². The van der Waals surface area contributed by atoms with Gasteiger partial charge in [0.2, 0.25) is 0 Å². The molecule has 0 saturated heterocycles. The Hall–Kier alpha value is -2.15. The van der Waals surface area contributed by atoms with Crippen LogP contribution < -0.4 is 5.63 Å². The molecule has 0 saturated carbocycles. The van der Waals surface area contributed by atoms with Crippen molar-refractivity contribution < 1.29 is 13.9 Å². The van der Waals surface area contributed by atoms with Gasteiger partial charge in [0.05, 0.1) is 12.0 Å². The van der Waals surface area contributed by atoms with Gasteiger partial charge in [-0.3, -0.25) is 5.10 Å². The number of ether oxygens (including phenoxy) is 1. The summed E-state index contributed by atoms with van der Waals surface area (Å²) in [6.45, 7) is 1.94.